The summed E-state index contributed by atoms with van der Waals surface area (Å²) in [5.41, 5.74) is 3.28. The summed E-state index contributed by atoms with van der Waals surface area (Å²) >= 11 is 6.05. The van der Waals surface area contributed by atoms with Gasteiger partial charge in [-0.2, -0.15) is 0 Å². The summed E-state index contributed by atoms with van der Waals surface area (Å²) in [5, 5.41) is 14.8. The molecule has 0 spiro atoms. The molecule has 0 bridgehead atoms. The van der Waals surface area contributed by atoms with E-state index in [1.807, 2.05) is 32.0 Å². The Balaban J connectivity index is 1.55. The minimum Gasteiger partial charge on any atom is -0.493 e. The number of rotatable bonds is 19. The number of non-ortho nitro benzene ring substituents is 1. The first-order valence-corrected chi connectivity index (χ1v) is 17.0. The number of nitro groups is 1. The Morgan fingerprint density at radius 3 is 2.35 bits per heavy atom. The van der Waals surface area contributed by atoms with E-state index in [4.69, 9.17) is 25.8 Å². The van der Waals surface area contributed by atoms with Crippen LogP contribution in [-0.2, 0) is 16.0 Å². The Labute approximate surface area is 291 Å². The fourth-order valence-corrected chi connectivity index (χ4v) is 5.27. The average molecular weight is 691 g/mol. The first-order chi connectivity index (χ1) is 23.7. The van der Waals surface area contributed by atoms with Gasteiger partial charge in [0.15, 0.2) is 0 Å². The number of unbranched alkanes of at least 4 members (excludes halogenated alkanes) is 2. The number of nitrogens with one attached hydrogen (secondary N) is 2. The van der Waals surface area contributed by atoms with Crippen LogP contribution in [0.2, 0.25) is 5.02 Å². The number of ether oxygens (including phenoxy) is 3. The van der Waals surface area contributed by atoms with E-state index >= 15 is 0 Å². The van der Waals surface area contributed by atoms with E-state index in [9.17, 15) is 19.7 Å². The van der Waals surface area contributed by atoms with E-state index in [0.717, 1.165) is 36.8 Å². The minimum atomic E-state index is -0.560. The topological polar surface area (TPSA) is 146 Å². The van der Waals surface area contributed by atoms with Crippen molar-refractivity contribution < 1.29 is 28.7 Å². The van der Waals surface area contributed by atoms with Crippen molar-refractivity contribution in [1.82, 2.24) is 15.3 Å². The lowest BCUT2D eigenvalue weighted by Gasteiger charge is -2.21. The number of aryl methyl sites for hydroxylation is 1. The molecule has 1 atom stereocenters. The SMILES string of the molecule is CCCCOC(=O)c1cc(C(Cc2ncc(-c3ccc([N+](=O)[O-])cc3)[nH]2)NC(=O)CCCOc2ccc(Cl)cc2C)ccc1OCCCC. The van der Waals surface area contributed by atoms with Crippen molar-refractivity contribution in [2.45, 2.75) is 71.8 Å². The molecule has 0 aliphatic carbocycles. The van der Waals surface area contributed by atoms with Gasteiger partial charge >= 0.3 is 5.97 Å². The van der Waals surface area contributed by atoms with Gasteiger partial charge in [-0.3, -0.25) is 14.9 Å². The second-order valence-electron chi connectivity index (χ2n) is 11.7. The number of carbonyl (C=O) groups excluding carboxylic acids is 2. The van der Waals surface area contributed by atoms with Crippen LogP contribution in [0.3, 0.4) is 0 Å². The molecule has 1 amide bonds. The highest BCUT2D eigenvalue weighted by molar-refractivity contribution is 6.30. The molecular formula is C37H43ClN4O7. The number of esters is 1. The molecule has 0 aliphatic rings. The van der Waals surface area contributed by atoms with Crippen molar-refractivity contribution >= 4 is 29.2 Å². The van der Waals surface area contributed by atoms with Gasteiger partial charge in [0.05, 0.1) is 42.7 Å². The number of hydrogen-bond acceptors (Lipinski definition) is 8. The molecule has 0 fully saturated rings. The van der Waals surface area contributed by atoms with Crippen molar-refractivity contribution in [3.8, 4) is 22.8 Å². The Morgan fingerprint density at radius 1 is 0.939 bits per heavy atom. The third-order valence-corrected chi connectivity index (χ3v) is 8.04. The normalized spacial score (nSPS) is 11.5. The maximum absolute atomic E-state index is 13.3. The molecule has 3 aromatic carbocycles. The highest BCUT2D eigenvalue weighted by atomic mass is 35.5. The van der Waals surface area contributed by atoms with Crippen LogP contribution in [0.4, 0.5) is 5.69 Å². The van der Waals surface area contributed by atoms with Crippen LogP contribution in [-0.4, -0.2) is 46.6 Å². The first kappa shape index (κ1) is 36.9. The molecule has 260 valence electrons. The molecule has 0 radical (unpaired) electrons. The van der Waals surface area contributed by atoms with Crippen molar-refractivity contribution in [2.75, 3.05) is 19.8 Å². The van der Waals surface area contributed by atoms with Crippen molar-refractivity contribution in [1.29, 1.82) is 0 Å². The lowest BCUT2D eigenvalue weighted by atomic mass is 9.99. The number of aromatic amines is 1. The van der Waals surface area contributed by atoms with Crippen LogP contribution >= 0.6 is 11.6 Å². The minimum absolute atomic E-state index is 0.00823. The van der Waals surface area contributed by atoms with Crippen molar-refractivity contribution in [3.05, 3.63) is 105 Å². The van der Waals surface area contributed by atoms with E-state index in [2.05, 4.69) is 22.2 Å². The van der Waals surface area contributed by atoms with Crippen molar-refractivity contribution in [3.63, 3.8) is 0 Å². The first-order valence-electron chi connectivity index (χ1n) is 16.6. The number of halogens is 1. The number of amides is 1. The molecule has 1 heterocycles. The molecule has 2 N–H and O–H groups in total. The maximum Gasteiger partial charge on any atom is 0.341 e. The molecule has 12 heteroatoms. The fourth-order valence-electron chi connectivity index (χ4n) is 5.04. The van der Waals surface area contributed by atoms with Gasteiger partial charge < -0.3 is 24.5 Å². The van der Waals surface area contributed by atoms with E-state index < -0.39 is 16.9 Å². The Hall–Kier alpha value is -4.90. The highest BCUT2D eigenvalue weighted by Gasteiger charge is 2.22. The Morgan fingerprint density at radius 2 is 1.63 bits per heavy atom. The van der Waals surface area contributed by atoms with E-state index in [1.54, 1.807) is 36.5 Å². The quantitative estimate of drug-likeness (QED) is 0.0432. The van der Waals surface area contributed by atoms with Crippen LogP contribution < -0.4 is 14.8 Å². The summed E-state index contributed by atoms with van der Waals surface area (Å²) in [6.07, 6.45) is 6.01. The molecule has 0 saturated heterocycles. The summed E-state index contributed by atoms with van der Waals surface area (Å²) in [7, 11) is 0. The number of imidazole rings is 1. The predicted molar refractivity (Wildman–Crippen MR) is 188 cm³/mol. The Bertz CT molecular complexity index is 1710. The average Bonchev–Trinajstić information content (AvgIpc) is 3.56. The number of H-pyrrole nitrogens is 1. The number of nitro benzene ring substituents is 1. The van der Waals surface area contributed by atoms with Crippen LogP contribution in [0.1, 0.15) is 85.7 Å². The lowest BCUT2D eigenvalue weighted by Crippen LogP contribution is -2.30. The number of nitrogens with zero attached hydrogens (tertiary/aromatic N) is 2. The van der Waals surface area contributed by atoms with Gasteiger partial charge in [0, 0.05) is 35.6 Å². The second kappa shape index (κ2) is 18.6. The summed E-state index contributed by atoms with van der Waals surface area (Å²) < 4.78 is 17.4. The van der Waals surface area contributed by atoms with Gasteiger partial charge in [-0.25, -0.2) is 9.78 Å². The van der Waals surface area contributed by atoms with Gasteiger partial charge in [0.1, 0.15) is 22.9 Å². The third-order valence-electron chi connectivity index (χ3n) is 7.81. The lowest BCUT2D eigenvalue weighted by molar-refractivity contribution is -0.384. The number of hydrogen-bond donors (Lipinski definition) is 2. The molecule has 1 aromatic heterocycles. The summed E-state index contributed by atoms with van der Waals surface area (Å²) in [6, 6.07) is 16.3. The molecule has 4 rings (SSSR count). The Kier molecular flexibility index (Phi) is 14.0. The number of carbonyl (C=O) groups is 2. The highest BCUT2D eigenvalue weighted by Crippen LogP contribution is 2.28. The molecular weight excluding hydrogens is 648 g/mol. The molecule has 4 aromatic rings. The zero-order valence-electron chi connectivity index (χ0n) is 28.1. The number of benzene rings is 3. The monoisotopic (exact) mass is 690 g/mol. The largest absolute Gasteiger partial charge is 0.493 e. The van der Waals surface area contributed by atoms with Gasteiger partial charge in [0.25, 0.3) is 5.69 Å². The molecule has 1 unspecified atom stereocenters. The fraction of sp³-hybridized carbons (Fsp3) is 0.378. The molecule has 0 saturated carbocycles. The summed E-state index contributed by atoms with van der Waals surface area (Å²) in [5.74, 6) is 1.04. The van der Waals surface area contributed by atoms with Crippen LogP contribution in [0.25, 0.3) is 11.3 Å². The second-order valence-corrected chi connectivity index (χ2v) is 12.1. The maximum atomic E-state index is 13.3. The van der Waals surface area contributed by atoms with Crippen LogP contribution in [0.5, 0.6) is 11.5 Å². The van der Waals surface area contributed by atoms with Gasteiger partial charge in [-0.05, 0) is 79.8 Å². The van der Waals surface area contributed by atoms with E-state index in [-0.39, 0.29) is 24.4 Å². The van der Waals surface area contributed by atoms with Gasteiger partial charge in [-0.1, -0.05) is 44.4 Å². The van der Waals surface area contributed by atoms with Crippen LogP contribution in [0, 0.1) is 17.0 Å². The van der Waals surface area contributed by atoms with E-state index in [0.29, 0.717) is 65.4 Å². The van der Waals surface area contributed by atoms with Gasteiger partial charge in [0.2, 0.25) is 5.91 Å². The summed E-state index contributed by atoms with van der Waals surface area (Å²) in [6.45, 7) is 7.09. The zero-order valence-corrected chi connectivity index (χ0v) is 28.9. The smallest absolute Gasteiger partial charge is 0.341 e. The van der Waals surface area contributed by atoms with Crippen molar-refractivity contribution in [2.24, 2.45) is 0 Å². The summed E-state index contributed by atoms with van der Waals surface area (Å²) in [4.78, 5) is 45.0. The van der Waals surface area contributed by atoms with Crippen LogP contribution in [0.15, 0.2) is 66.9 Å². The molecule has 49 heavy (non-hydrogen) atoms. The molecule has 11 nitrogen and oxygen atoms in total. The van der Waals surface area contributed by atoms with E-state index in [1.165, 1.54) is 12.1 Å². The standard InChI is InChI=1S/C37H43ClN4O7/c1-4-6-18-48-34-16-12-27(22-30(34)37(44)49-19-7-5-2)31(41-36(43)9-8-20-47-33-17-13-28(38)21-25(33)3)23-35-39-24-32(40-35)26-10-14-29(15-11-26)42(45)46/h10-17,21-22,24,31H,4-9,18-20,23H2,1-3H3,(H,39,40)(H,41,43). The third kappa shape index (κ3) is 11.1. The van der Waals surface area contributed by atoms with Gasteiger partial charge in [-0.15, -0.1) is 0 Å². The predicted octanol–water partition coefficient (Wildman–Crippen LogP) is 8.34. The zero-order chi connectivity index (χ0) is 35.2. The number of aromatic nitrogens is 2. The molecule has 0 aliphatic heterocycles.